The maximum atomic E-state index is 5.93. The summed E-state index contributed by atoms with van der Waals surface area (Å²) in [7, 11) is 1.97. The maximum absolute atomic E-state index is 5.93. The summed E-state index contributed by atoms with van der Waals surface area (Å²) in [5.74, 6) is 0. The molecule has 0 radical (unpaired) electrons. The molecule has 0 saturated carbocycles. The van der Waals surface area contributed by atoms with Gasteiger partial charge in [0, 0.05) is 24.8 Å². The first kappa shape index (κ1) is 7.62. The minimum absolute atomic E-state index is 0.730. The molecule has 2 aromatic heterocycles. The molecule has 0 saturated heterocycles. The summed E-state index contributed by atoms with van der Waals surface area (Å²) in [6.07, 6.45) is 3.68. The zero-order chi connectivity index (χ0) is 8.72. The Morgan fingerprint density at radius 1 is 1.50 bits per heavy atom. The van der Waals surface area contributed by atoms with E-state index in [-0.39, 0.29) is 0 Å². The summed E-state index contributed by atoms with van der Waals surface area (Å²) < 4.78 is 1.98. The van der Waals surface area contributed by atoms with Crippen LogP contribution in [0.15, 0.2) is 18.5 Å². The lowest BCUT2D eigenvalue weighted by Crippen LogP contribution is -1.88. The molecule has 0 aromatic carbocycles. The molecule has 0 aliphatic rings. The van der Waals surface area contributed by atoms with Gasteiger partial charge >= 0.3 is 0 Å². The molecule has 2 heterocycles. The molecule has 0 amide bonds. The predicted octanol–water partition coefficient (Wildman–Crippen LogP) is 2.54. The normalized spacial score (nSPS) is 10.9. The molecule has 0 fully saturated rings. The highest BCUT2D eigenvalue weighted by Gasteiger charge is 2.04. The number of halogens is 1. The zero-order valence-electron chi connectivity index (χ0n) is 7.00. The average Bonchev–Trinajstić information content (AvgIpc) is 2.41. The van der Waals surface area contributed by atoms with Crippen molar-refractivity contribution >= 4 is 22.6 Å². The van der Waals surface area contributed by atoms with E-state index in [1.54, 1.807) is 6.20 Å². The number of fused-ring (bicyclic) bond motifs is 1. The molecule has 0 aliphatic carbocycles. The van der Waals surface area contributed by atoms with Crippen LogP contribution in [-0.2, 0) is 7.05 Å². The van der Waals surface area contributed by atoms with Crippen LogP contribution in [0.4, 0.5) is 0 Å². The highest BCUT2D eigenvalue weighted by Crippen LogP contribution is 2.23. The average molecular weight is 181 g/mol. The predicted molar refractivity (Wildman–Crippen MR) is 50.5 cm³/mol. The highest BCUT2D eigenvalue weighted by molar-refractivity contribution is 6.32. The first-order valence-corrected chi connectivity index (χ1v) is 4.14. The lowest BCUT2D eigenvalue weighted by molar-refractivity contribution is 0.948. The lowest BCUT2D eigenvalue weighted by atomic mass is 10.2. The van der Waals surface area contributed by atoms with Gasteiger partial charge in [0.1, 0.15) is 5.65 Å². The summed E-state index contributed by atoms with van der Waals surface area (Å²) in [4.78, 5) is 4.23. The number of aromatic nitrogens is 2. The molecular formula is C9H9ClN2. The third kappa shape index (κ3) is 0.916. The van der Waals surface area contributed by atoms with Crippen molar-refractivity contribution in [1.29, 1.82) is 0 Å². The summed E-state index contributed by atoms with van der Waals surface area (Å²) >= 11 is 5.93. The van der Waals surface area contributed by atoms with E-state index in [9.17, 15) is 0 Å². The first-order chi connectivity index (χ1) is 5.70. The zero-order valence-corrected chi connectivity index (χ0v) is 7.76. The topological polar surface area (TPSA) is 17.8 Å². The van der Waals surface area contributed by atoms with Crippen LogP contribution in [0.3, 0.4) is 0 Å². The second-order valence-electron chi connectivity index (χ2n) is 2.90. The molecule has 0 N–H and O–H groups in total. The van der Waals surface area contributed by atoms with E-state index in [0.29, 0.717) is 0 Å². The Bertz CT molecular complexity index is 431. The standard InChI is InChI=1S/C9H9ClN2/c1-6-7-3-4-12(2)9(7)11-5-8(6)10/h3-5H,1-2H3. The first-order valence-electron chi connectivity index (χ1n) is 3.76. The van der Waals surface area contributed by atoms with Crippen molar-refractivity contribution in [3.05, 3.63) is 29.0 Å². The molecule has 0 aliphatic heterocycles. The molecule has 2 rings (SSSR count). The monoisotopic (exact) mass is 180 g/mol. The largest absolute Gasteiger partial charge is 0.336 e. The van der Waals surface area contributed by atoms with E-state index in [4.69, 9.17) is 11.6 Å². The smallest absolute Gasteiger partial charge is 0.139 e. The molecule has 3 heteroatoms. The summed E-state index contributed by atoms with van der Waals surface area (Å²) in [6, 6.07) is 2.03. The van der Waals surface area contributed by atoms with Gasteiger partial charge in [-0.1, -0.05) is 11.6 Å². The number of nitrogens with zero attached hydrogens (tertiary/aromatic N) is 2. The van der Waals surface area contributed by atoms with E-state index < -0.39 is 0 Å². The second-order valence-corrected chi connectivity index (χ2v) is 3.30. The molecule has 2 nitrogen and oxygen atoms in total. The molecule has 0 unspecified atom stereocenters. The van der Waals surface area contributed by atoms with Gasteiger partial charge in [0.15, 0.2) is 0 Å². The highest BCUT2D eigenvalue weighted by atomic mass is 35.5. The van der Waals surface area contributed by atoms with Crippen molar-refractivity contribution in [1.82, 2.24) is 9.55 Å². The Morgan fingerprint density at radius 2 is 2.25 bits per heavy atom. The van der Waals surface area contributed by atoms with Crippen molar-refractivity contribution in [2.24, 2.45) is 7.05 Å². The van der Waals surface area contributed by atoms with Gasteiger partial charge < -0.3 is 4.57 Å². The van der Waals surface area contributed by atoms with Crippen LogP contribution in [0.5, 0.6) is 0 Å². The van der Waals surface area contributed by atoms with Crippen molar-refractivity contribution in [2.45, 2.75) is 6.92 Å². The van der Waals surface area contributed by atoms with Gasteiger partial charge in [-0.25, -0.2) is 4.98 Å². The van der Waals surface area contributed by atoms with Crippen LogP contribution in [0.25, 0.3) is 11.0 Å². The minimum Gasteiger partial charge on any atom is -0.336 e. The Balaban J connectivity index is 2.93. The van der Waals surface area contributed by atoms with Crippen molar-refractivity contribution < 1.29 is 0 Å². The Hall–Kier alpha value is -1.02. The quantitative estimate of drug-likeness (QED) is 0.609. The third-order valence-corrected chi connectivity index (χ3v) is 2.48. The van der Waals surface area contributed by atoms with Gasteiger partial charge in [-0.2, -0.15) is 0 Å². The van der Waals surface area contributed by atoms with Gasteiger partial charge in [0.05, 0.1) is 5.02 Å². The van der Waals surface area contributed by atoms with Crippen LogP contribution in [0, 0.1) is 6.92 Å². The number of pyridine rings is 1. The Morgan fingerprint density at radius 3 is 3.00 bits per heavy atom. The molecule has 0 bridgehead atoms. The van der Waals surface area contributed by atoms with Gasteiger partial charge in [0.25, 0.3) is 0 Å². The number of rotatable bonds is 0. The SMILES string of the molecule is Cc1c(Cl)cnc2c1ccn2C. The fourth-order valence-electron chi connectivity index (χ4n) is 1.32. The van der Waals surface area contributed by atoms with Gasteiger partial charge in [0.2, 0.25) is 0 Å². The lowest BCUT2D eigenvalue weighted by Gasteiger charge is -1.99. The van der Waals surface area contributed by atoms with E-state index in [1.807, 2.05) is 30.8 Å². The molecule has 0 spiro atoms. The fraction of sp³-hybridized carbons (Fsp3) is 0.222. The van der Waals surface area contributed by atoms with Crippen LogP contribution in [0.1, 0.15) is 5.56 Å². The molecule has 2 aromatic rings. The van der Waals surface area contributed by atoms with Gasteiger partial charge in [-0.15, -0.1) is 0 Å². The molecule has 0 atom stereocenters. The van der Waals surface area contributed by atoms with Crippen LogP contribution in [0.2, 0.25) is 5.02 Å². The summed E-state index contributed by atoms with van der Waals surface area (Å²) in [5, 5.41) is 1.86. The second kappa shape index (κ2) is 2.49. The number of aryl methyl sites for hydroxylation is 2. The summed E-state index contributed by atoms with van der Waals surface area (Å²) in [6.45, 7) is 2.01. The van der Waals surface area contributed by atoms with E-state index in [1.165, 1.54) is 0 Å². The molecular weight excluding hydrogens is 172 g/mol. The van der Waals surface area contributed by atoms with Crippen molar-refractivity contribution in [2.75, 3.05) is 0 Å². The maximum Gasteiger partial charge on any atom is 0.139 e. The molecule has 62 valence electrons. The van der Waals surface area contributed by atoms with Gasteiger partial charge in [-0.05, 0) is 18.6 Å². The van der Waals surface area contributed by atoms with E-state index in [0.717, 1.165) is 21.6 Å². The summed E-state index contributed by atoms with van der Waals surface area (Å²) in [5.41, 5.74) is 2.08. The van der Waals surface area contributed by atoms with E-state index in [2.05, 4.69) is 4.98 Å². The number of hydrogen-bond donors (Lipinski definition) is 0. The minimum atomic E-state index is 0.730. The van der Waals surface area contributed by atoms with Crippen molar-refractivity contribution in [3.63, 3.8) is 0 Å². The number of hydrogen-bond acceptors (Lipinski definition) is 1. The fourth-order valence-corrected chi connectivity index (χ4v) is 1.47. The van der Waals surface area contributed by atoms with Crippen LogP contribution >= 0.6 is 11.6 Å². The van der Waals surface area contributed by atoms with Crippen LogP contribution in [-0.4, -0.2) is 9.55 Å². The third-order valence-electron chi connectivity index (χ3n) is 2.10. The van der Waals surface area contributed by atoms with E-state index >= 15 is 0 Å². The van der Waals surface area contributed by atoms with Crippen LogP contribution < -0.4 is 0 Å². The van der Waals surface area contributed by atoms with Crippen molar-refractivity contribution in [3.8, 4) is 0 Å². The van der Waals surface area contributed by atoms with Gasteiger partial charge in [-0.3, -0.25) is 0 Å². The Kier molecular flexibility index (Phi) is 1.58. The Labute approximate surface area is 75.8 Å². The molecule has 12 heavy (non-hydrogen) atoms.